The average Bonchev–Trinajstić information content (AvgIpc) is 3.31. The third-order valence-electron chi connectivity index (χ3n) is 7.82. The Morgan fingerprint density at radius 2 is 1.91 bits per heavy atom. The molecule has 1 aromatic carbocycles. The highest BCUT2D eigenvalue weighted by Gasteiger charge is 2.31. The summed E-state index contributed by atoms with van der Waals surface area (Å²) in [5.74, 6) is -0.187. The molecular formula is C30H45N5O7S. The molecule has 0 saturated carbocycles. The van der Waals surface area contributed by atoms with Gasteiger partial charge in [0.05, 0.1) is 28.5 Å². The minimum absolute atomic E-state index is 0.0650. The largest absolute Gasteiger partial charge is 0.381 e. The van der Waals surface area contributed by atoms with E-state index in [1.54, 1.807) is 17.0 Å². The highest BCUT2D eigenvalue weighted by Crippen LogP contribution is 2.28. The van der Waals surface area contributed by atoms with E-state index in [1.807, 2.05) is 25.5 Å². The fourth-order valence-corrected chi connectivity index (χ4v) is 6.90. The van der Waals surface area contributed by atoms with Crippen LogP contribution >= 0.6 is 0 Å². The summed E-state index contributed by atoms with van der Waals surface area (Å²) in [7, 11) is -3.80. The van der Waals surface area contributed by atoms with Gasteiger partial charge >= 0.3 is 0 Å². The second-order valence-electron chi connectivity index (χ2n) is 11.9. The Balaban J connectivity index is 1.44. The van der Waals surface area contributed by atoms with E-state index in [1.165, 1.54) is 23.4 Å². The molecule has 0 spiro atoms. The van der Waals surface area contributed by atoms with Gasteiger partial charge in [-0.05, 0) is 37.8 Å². The SMILES string of the molecule is CCc1nn(CC(C)(C)COC(O)c2cccc(S(=O)(=O)N3CCN(C(C)=O)CC3)c2)c2c1C(=O)NCCCOCCC2. The summed E-state index contributed by atoms with van der Waals surface area (Å²) in [6.45, 7) is 10.9. The molecule has 13 heteroatoms. The van der Waals surface area contributed by atoms with Crippen molar-refractivity contribution >= 4 is 21.8 Å². The van der Waals surface area contributed by atoms with Crippen LogP contribution in [-0.4, -0.2) is 96.9 Å². The zero-order valence-electron chi connectivity index (χ0n) is 25.7. The number of hydrogen-bond acceptors (Lipinski definition) is 8. The van der Waals surface area contributed by atoms with Gasteiger partial charge in [-0.25, -0.2) is 8.42 Å². The van der Waals surface area contributed by atoms with Crippen molar-refractivity contribution in [1.82, 2.24) is 24.3 Å². The molecule has 2 N–H and O–H groups in total. The van der Waals surface area contributed by atoms with Crippen LogP contribution in [-0.2, 0) is 43.7 Å². The highest BCUT2D eigenvalue weighted by atomic mass is 32.2. The van der Waals surface area contributed by atoms with Crippen LogP contribution in [0.1, 0.15) is 74.1 Å². The van der Waals surface area contributed by atoms with Gasteiger partial charge in [0.15, 0.2) is 6.29 Å². The molecule has 1 aromatic heterocycles. The second kappa shape index (κ2) is 14.3. The first-order chi connectivity index (χ1) is 20.4. The van der Waals surface area contributed by atoms with Gasteiger partial charge in [-0.2, -0.15) is 9.40 Å². The Labute approximate surface area is 254 Å². The molecular weight excluding hydrogens is 574 g/mol. The number of piperazine rings is 1. The normalized spacial score (nSPS) is 18.4. The predicted molar refractivity (Wildman–Crippen MR) is 160 cm³/mol. The Kier molecular flexibility index (Phi) is 11.0. The number of fused-ring (bicyclic) bond motifs is 1. The number of carbonyl (C=O) groups is 2. The number of nitrogens with zero attached hydrogens (tertiary/aromatic N) is 4. The molecule has 4 rings (SSSR count). The summed E-state index contributed by atoms with van der Waals surface area (Å²) in [5, 5.41) is 18.7. The smallest absolute Gasteiger partial charge is 0.255 e. The standard InChI is InChI=1S/C30H45N5O7S/c1-5-25-27-26(11-7-17-41-18-8-12-31-28(27)37)35(32-25)20-30(3,4)21-42-29(38)23-9-6-10-24(19-23)43(39,40)34-15-13-33(14-16-34)22(2)36/h6,9-10,19,29,38H,5,7-8,11-18,20-21H2,1-4H3,(H,31,37). The molecule has 1 atom stereocenters. The zero-order valence-corrected chi connectivity index (χ0v) is 26.5. The fraction of sp³-hybridized carbons (Fsp3) is 0.633. The number of hydrogen-bond donors (Lipinski definition) is 2. The number of benzene rings is 1. The van der Waals surface area contributed by atoms with E-state index >= 15 is 0 Å². The van der Waals surface area contributed by atoms with E-state index in [9.17, 15) is 23.1 Å². The first-order valence-electron chi connectivity index (χ1n) is 15.0. The summed E-state index contributed by atoms with van der Waals surface area (Å²) in [5.41, 5.74) is 2.12. The lowest BCUT2D eigenvalue weighted by Gasteiger charge is -2.33. The van der Waals surface area contributed by atoms with Crippen molar-refractivity contribution in [3.05, 3.63) is 46.8 Å². The van der Waals surface area contributed by atoms with Crippen molar-refractivity contribution in [3.8, 4) is 0 Å². The first kappa shape index (κ1) is 33.1. The van der Waals surface area contributed by atoms with Gasteiger partial charge in [-0.15, -0.1) is 0 Å². The van der Waals surface area contributed by atoms with Crippen LogP contribution in [0.15, 0.2) is 29.2 Å². The van der Waals surface area contributed by atoms with Crippen molar-refractivity contribution < 1.29 is 32.6 Å². The number of aryl methyl sites for hydroxylation is 1. The quantitative estimate of drug-likeness (QED) is 0.407. The van der Waals surface area contributed by atoms with Gasteiger partial charge in [-0.1, -0.05) is 32.9 Å². The summed E-state index contributed by atoms with van der Waals surface area (Å²) in [6.07, 6.45) is 1.47. The van der Waals surface area contributed by atoms with Crippen LogP contribution in [0.4, 0.5) is 0 Å². The van der Waals surface area contributed by atoms with E-state index in [-0.39, 0.29) is 36.4 Å². The van der Waals surface area contributed by atoms with E-state index in [4.69, 9.17) is 14.6 Å². The van der Waals surface area contributed by atoms with Gasteiger partial charge in [0.1, 0.15) is 0 Å². The summed E-state index contributed by atoms with van der Waals surface area (Å²) >= 11 is 0. The maximum Gasteiger partial charge on any atom is 0.255 e. The fourth-order valence-electron chi connectivity index (χ4n) is 5.43. The van der Waals surface area contributed by atoms with Gasteiger partial charge in [0.2, 0.25) is 15.9 Å². The number of rotatable bonds is 9. The van der Waals surface area contributed by atoms with E-state index in [0.717, 1.165) is 24.2 Å². The van der Waals surface area contributed by atoms with Crippen molar-refractivity contribution in [2.45, 2.75) is 71.1 Å². The molecule has 1 unspecified atom stereocenters. The monoisotopic (exact) mass is 619 g/mol. The topological polar surface area (TPSA) is 143 Å². The van der Waals surface area contributed by atoms with Crippen LogP contribution < -0.4 is 5.32 Å². The molecule has 238 valence electrons. The lowest BCUT2D eigenvalue weighted by atomic mass is 9.94. The molecule has 2 aliphatic rings. The number of amides is 2. The summed E-state index contributed by atoms with van der Waals surface area (Å²) < 4.78 is 41.4. The third-order valence-corrected chi connectivity index (χ3v) is 9.71. The number of carbonyl (C=O) groups excluding carboxylic acids is 2. The molecule has 3 heterocycles. The maximum absolute atomic E-state index is 13.3. The lowest BCUT2D eigenvalue weighted by Crippen LogP contribution is -2.49. The Bertz CT molecular complexity index is 1380. The van der Waals surface area contributed by atoms with Crippen molar-refractivity contribution in [2.24, 2.45) is 5.41 Å². The van der Waals surface area contributed by atoms with E-state index < -0.39 is 21.7 Å². The Morgan fingerprint density at radius 1 is 1.19 bits per heavy atom. The van der Waals surface area contributed by atoms with Crippen molar-refractivity contribution in [1.29, 1.82) is 0 Å². The lowest BCUT2D eigenvalue weighted by molar-refractivity contribution is -0.130. The van der Waals surface area contributed by atoms with Crippen LogP contribution in [0.5, 0.6) is 0 Å². The number of aliphatic hydroxyl groups is 1. The van der Waals surface area contributed by atoms with Gasteiger partial charge in [0.25, 0.3) is 5.91 Å². The molecule has 1 fully saturated rings. The molecule has 12 nitrogen and oxygen atoms in total. The van der Waals surface area contributed by atoms with Gasteiger partial charge < -0.3 is 24.8 Å². The van der Waals surface area contributed by atoms with E-state index in [0.29, 0.717) is 63.4 Å². The first-order valence-corrected chi connectivity index (χ1v) is 16.5. The minimum Gasteiger partial charge on any atom is -0.381 e. The number of aliphatic hydroxyl groups excluding tert-OH is 1. The molecule has 2 aromatic rings. The molecule has 2 aliphatic heterocycles. The molecule has 0 radical (unpaired) electrons. The van der Waals surface area contributed by atoms with Crippen molar-refractivity contribution in [3.63, 3.8) is 0 Å². The van der Waals surface area contributed by atoms with Gasteiger partial charge in [0, 0.05) is 70.4 Å². The average molecular weight is 620 g/mol. The number of sulfonamides is 1. The van der Waals surface area contributed by atoms with Crippen LogP contribution in [0, 0.1) is 5.41 Å². The molecule has 2 amide bonds. The van der Waals surface area contributed by atoms with Gasteiger partial charge in [-0.3, -0.25) is 14.3 Å². The minimum atomic E-state index is -3.80. The van der Waals surface area contributed by atoms with Crippen LogP contribution in [0.3, 0.4) is 0 Å². The predicted octanol–water partition coefficient (Wildman–Crippen LogP) is 2.11. The number of ether oxygens (including phenoxy) is 2. The molecule has 0 bridgehead atoms. The second-order valence-corrected chi connectivity index (χ2v) is 13.9. The Hall–Kier alpha value is -2.84. The summed E-state index contributed by atoms with van der Waals surface area (Å²) in [6, 6.07) is 6.14. The van der Waals surface area contributed by atoms with Crippen LogP contribution in [0.25, 0.3) is 0 Å². The summed E-state index contributed by atoms with van der Waals surface area (Å²) in [4.78, 5) is 26.4. The third kappa shape index (κ3) is 8.21. The zero-order chi connectivity index (χ0) is 31.2. The van der Waals surface area contributed by atoms with Crippen molar-refractivity contribution in [2.75, 3.05) is 52.5 Å². The number of nitrogens with one attached hydrogen (secondary N) is 1. The Morgan fingerprint density at radius 3 is 2.60 bits per heavy atom. The molecule has 1 saturated heterocycles. The number of aromatic nitrogens is 2. The molecule has 0 aliphatic carbocycles. The maximum atomic E-state index is 13.3. The van der Waals surface area contributed by atoms with Crippen LogP contribution in [0.2, 0.25) is 0 Å². The molecule has 43 heavy (non-hydrogen) atoms. The highest BCUT2D eigenvalue weighted by molar-refractivity contribution is 7.89. The van der Waals surface area contributed by atoms with E-state index in [2.05, 4.69) is 5.32 Å².